The Balaban J connectivity index is 2.16. The average molecular weight is 404 g/mol. The maximum absolute atomic E-state index is 12.1. The molecule has 0 aromatic heterocycles. The maximum atomic E-state index is 12.1. The third-order valence-corrected chi connectivity index (χ3v) is 4.26. The highest BCUT2D eigenvalue weighted by Gasteiger charge is 2.50. The molecule has 2 rings (SSSR count). The van der Waals surface area contributed by atoms with Gasteiger partial charge in [0, 0.05) is 0 Å². The third kappa shape index (κ3) is 6.06. The molecule has 152 valence electrons. The first-order valence-corrected chi connectivity index (χ1v) is 9.95. The van der Waals surface area contributed by atoms with Crippen molar-refractivity contribution >= 4 is 16.1 Å². The van der Waals surface area contributed by atoms with E-state index in [1.54, 1.807) is 45.2 Å². The first-order valence-electron chi connectivity index (χ1n) is 8.13. The molecule has 0 amide bonds. The highest BCUT2D eigenvalue weighted by molar-refractivity contribution is 7.86. The fourth-order valence-corrected chi connectivity index (χ4v) is 3.20. The second-order valence-corrected chi connectivity index (χ2v) is 7.97. The van der Waals surface area contributed by atoms with Crippen molar-refractivity contribution in [3.63, 3.8) is 0 Å². The molecule has 1 saturated heterocycles. The molecular weight excluding hydrogens is 380 g/mol. The number of hydrogen-bond donors (Lipinski definition) is 0. The highest BCUT2D eigenvalue weighted by Crippen LogP contribution is 2.32. The minimum atomic E-state index is -3.94. The summed E-state index contributed by atoms with van der Waals surface area (Å²) in [5, 5.41) is 0. The van der Waals surface area contributed by atoms with E-state index in [0.717, 1.165) is 13.4 Å². The van der Waals surface area contributed by atoms with E-state index in [0.29, 0.717) is 11.5 Å². The number of benzene rings is 1. The van der Waals surface area contributed by atoms with E-state index >= 15 is 0 Å². The van der Waals surface area contributed by atoms with Crippen molar-refractivity contribution in [3.8, 4) is 11.5 Å². The van der Waals surface area contributed by atoms with Crippen LogP contribution in [0.15, 0.2) is 24.3 Å². The summed E-state index contributed by atoms with van der Waals surface area (Å²) in [7, 11) is -1.26. The molecular formula is C17H24O9S. The molecule has 0 spiro atoms. The summed E-state index contributed by atoms with van der Waals surface area (Å²) in [4.78, 5) is 12.1. The van der Waals surface area contributed by atoms with Crippen molar-refractivity contribution in [1.82, 2.24) is 0 Å². The summed E-state index contributed by atoms with van der Waals surface area (Å²) in [6.07, 6.45) is -2.49. The molecule has 1 aliphatic rings. The van der Waals surface area contributed by atoms with Crippen LogP contribution in [0.3, 0.4) is 0 Å². The predicted molar refractivity (Wildman–Crippen MR) is 94.0 cm³/mol. The topological polar surface area (TPSA) is 107 Å². The van der Waals surface area contributed by atoms with Crippen LogP contribution in [-0.2, 0) is 33.3 Å². The van der Waals surface area contributed by atoms with Gasteiger partial charge in [-0.05, 0) is 38.1 Å². The fraction of sp³-hybridized carbons (Fsp3) is 0.588. The minimum absolute atomic E-state index is 0.00103. The van der Waals surface area contributed by atoms with Gasteiger partial charge >= 0.3 is 5.97 Å². The molecule has 1 heterocycles. The van der Waals surface area contributed by atoms with E-state index in [1.807, 2.05) is 0 Å². The number of hydrogen-bond acceptors (Lipinski definition) is 9. The summed E-state index contributed by atoms with van der Waals surface area (Å²) in [5.74, 6) is -0.733. The monoisotopic (exact) mass is 404 g/mol. The number of esters is 1. The van der Waals surface area contributed by atoms with Crippen LogP contribution in [0.2, 0.25) is 0 Å². The summed E-state index contributed by atoms with van der Waals surface area (Å²) in [6, 6.07) is 6.87. The van der Waals surface area contributed by atoms with Crippen molar-refractivity contribution in [2.75, 3.05) is 27.1 Å². The van der Waals surface area contributed by atoms with Gasteiger partial charge in [0.1, 0.15) is 30.3 Å². The molecule has 0 N–H and O–H groups in total. The SMILES string of the molecule is COC(=O)[C@@H](OS(C)(=O)=O)[C@@H]1OC(C)(C)O[C@H]1COc1ccc(OC)cc1. The van der Waals surface area contributed by atoms with Crippen molar-refractivity contribution in [2.45, 2.75) is 37.9 Å². The van der Waals surface area contributed by atoms with Gasteiger partial charge in [-0.1, -0.05) is 0 Å². The Kier molecular flexibility index (Phi) is 6.68. The van der Waals surface area contributed by atoms with Gasteiger partial charge in [0.05, 0.1) is 20.5 Å². The lowest BCUT2D eigenvalue weighted by Crippen LogP contribution is -2.46. The van der Waals surface area contributed by atoms with Gasteiger partial charge in [-0.2, -0.15) is 8.42 Å². The molecule has 27 heavy (non-hydrogen) atoms. The summed E-state index contributed by atoms with van der Waals surface area (Å²) >= 11 is 0. The van der Waals surface area contributed by atoms with Gasteiger partial charge < -0.3 is 23.7 Å². The van der Waals surface area contributed by atoms with Gasteiger partial charge in [0.25, 0.3) is 10.1 Å². The molecule has 1 fully saturated rings. The van der Waals surface area contributed by atoms with E-state index in [2.05, 4.69) is 4.74 Å². The largest absolute Gasteiger partial charge is 0.497 e. The Morgan fingerprint density at radius 2 is 1.74 bits per heavy atom. The number of ether oxygens (including phenoxy) is 5. The molecule has 0 unspecified atom stereocenters. The van der Waals surface area contributed by atoms with E-state index < -0.39 is 40.2 Å². The Hall–Kier alpha value is -1.88. The summed E-state index contributed by atoms with van der Waals surface area (Å²) in [5.41, 5.74) is 0. The van der Waals surface area contributed by atoms with Crippen LogP contribution in [0.25, 0.3) is 0 Å². The van der Waals surface area contributed by atoms with Crippen LogP contribution in [0.4, 0.5) is 0 Å². The lowest BCUT2D eigenvalue weighted by Gasteiger charge is -2.23. The molecule has 1 aliphatic heterocycles. The van der Waals surface area contributed by atoms with E-state index in [4.69, 9.17) is 23.1 Å². The molecule has 9 nitrogen and oxygen atoms in total. The van der Waals surface area contributed by atoms with Crippen LogP contribution in [-0.4, -0.2) is 65.6 Å². The first-order chi connectivity index (χ1) is 12.5. The zero-order valence-electron chi connectivity index (χ0n) is 15.8. The second kappa shape index (κ2) is 8.42. The Morgan fingerprint density at radius 3 is 2.26 bits per heavy atom. The standard InChI is InChI=1S/C17H24O9S/c1-17(2)24-13(10-23-12-8-6-11(21-3)7-9-12)14(25-17)15(16(18)22-4)26-27(5,19)20/h6-9,13-15H,10H2,1-5H3/t13-,14+,15-/m0/s1. The first kappa shape index (κ1) is 21.4. The van der Waals surface area contributed by atoms with E-state index in [1.165, 1.54) is 0 Å². The molecule has 0 aliphatic carbocycles. The summed E-state index contributed by atoms with van der Waals surface area (Å²) < 4.78 is 54.9. The molecule has 3 atom stereocenters. The molecule has 0 bridgehead atoms. The minimum Gasteiger partial charge on any atom is -0.497 e. The van der Waals surface area contributed by atoms with Crippen LogP contribution in [0, 0.1) is 0 Å². The maximum Gasteiger partial charge on any atom is 0.339 e. The van der Waals surface area contributed by atoms with Crippen LogP contribution >= 0.6 is 0 Å². The Bertz CT molecular complexity index is 742. The number of methoxy groups -OCH3 is 2. The van der Waals surface area contributed by atoms with E-state index in [9.17, 15) is 13.2 Å². The summed E-state index contributed by atoms with van der Waals surface area (Å²) in [6.45, 7) is 3.28. The normalized spacial score (nSPS) is 22.9. The van der Waals surface area contributed by atoms with Crippen molar-refractivity contribution in [3.05, 3.63) is 24.3 Å². The van der Waals surface area contributed by atoms with Crippen molar-refractivity contribution in [1.29, 1.82) is 0 Å². The van der Waals surface area contributed by atoms with Gasteiger partial charge in [-0.3, -0.25) is 4.18 Å². The zero-order valence-corrected chi connectivity index (χ0v) is 16.6. The lowest BCUT2D eigenvalue weighted by molar-refractivity contribution is -0.168. The Morgan fingerprint density at radius 1 is 1.15 bits per heavy atom. The highest BCUT2D eigenvalue weighted by atomic mass is 32.2. The smallest absolute Gasteiger partial charge is 0.339 e. The van der Waals surface area contributed by atoms with Gasteiger partial charge in [-0.25, -0.2) is 4.79 Å². The van der Waals surface area contributed by atoms with E-state index in [-0.39, 0.29) is 6.61 Å². The third-order valence-electron chi connectivity index (χ3n) is 3.71. The molecule has 10 heteroatoms. The average Bonchev–Trinajstić information content (AvgIpc) is 2.91. The predicted octanol–water partition coefficient (Wildman–Crippen LogP) is 1.11. The van der Waals surface area contributed by atoms with Gasteiger partial charge in [0.15, 0.2) is 5.79 Å². The number of rotatable bonds is 8. The zero-order chi connectivity index (χ0) is 20.2. The molecule has 0 radical (unpaired) electrons. The number of carbonyl (C=O) groups is 1. The number of carbonyl (C=O) groups excluding carboxylic acids is 1. The molecule has 0 saturated carbocycles. The van der Waals surface area contributed by atoms with Crippen LogP contribution in [0.1, 0.15) is 13.8 Å². The van der Waals surface area contributed by atoms with Crippen LogP contribution in [0.5, 0.6) is 11.5 Å². The van der Waals surface area contributed by atoms with Gasteiger partial charge in [0.2, 0.25) is 6.10 Å². The molecule has 1 aromatic carbocycles. The van der Waals surface area contributed by atoms with Gasteiger partial charge in [-0.15, -0.1) is 0 Å². The Labute approximate surface area is 158 Å². The van der Waals surface area contributed by atoms with Crippen LogP contribution < -0.4 is 9.47 Å². The lowest BCUT2D eigenvalue weighted by atomic mass is 10.1. The molecule has 1 aromatic rings. The van der Waals surface area contributed by atoms with Crippen molar-refractivity contribution < 1.29 is 41.1 Å². The second-order valence-electron chi connectivity index (χ2n) is 6.37. The van der Waals surface area contributed by atoms with Crippen molar-refractivity contribution in [2.24, 2.45) is 0 Å². The fourth-order valence-electron chi connectivity index (χ4n) is 2.63. The quantitative estimate of drug-likeness (QED) is 0.465.